The lowest BCUT2D eigenvalue weighted by molar-refractivity contribution is -0.122. The standard InChI is InChI=1S/C22H20N4O5S/c1-13(25-31-3)18-7-6-16(32-18)8-9-22(20(28)23-21(29)24-22)12-26-11-14-4-5-15(30-2)10-17(14)19(26)27/h4-7,10H,11-12H2,1-3H3,(H2,23,24,28,29)/b25-13+/t22-/m1/s1. The Morgan fingerprint density at radius 2 is 2.06 bits per heavy atom. The van der Waals surface area contributed by atoms with E-state index in [0.29, 0.717) is 28.4 Å². The van der Waals surface area contributed by atoms with Gasteiger partial charge in [0.25, 0.3) is 11.8 Å². The number of imide groups is 1. The fourth-order valence-corrected chi connectivity index (χ4v) is 4.36. The maximum absolute atomic E-state index is 13.0. The molecule has 0 saturated carbocycles. The fourth-order valence-electron chi connectivity index (χ4n) is 3.56. The number of urea groups is 1. The van der Waals surface area contributed by atoms with Crippen LogP contribution in [0.1, 0.15) is 32.6 Å². The first-order valence-electron chi connectivity index (χ1n) is 9.66. The average Bonchev–Trinajstić information content (AvgIpc) is 3.44. The third-order valence-corrected chi connectivity index (χ3v) is 6.26. The zero-order chi connectivity index (χ0) is 22.9. The van der Waals surface area contributed by atoms with Gasteiger partial charge >= 0.3 is 6.03 Å². The van der Waals surface area contributed by atoms with Crippen molar-refractivity contribution in [3.8, 4) is 17.6 Å². The molecule has 9 nitrogen and oxygen atoms in total. The zero-order valence-corrected chi connectivity index (χ0v) is 18.5. The van der Waals surface area contributed by atoms with Crippen LogP contribution >= 0.6 is 11.3 Å². The van der Waals surface area contributed by atoms with Gasteiger partial charge in [0.1, 0.15) is 12.9 Å². The average molecular weight is 452 g/mol. The van der Waals surface area contributed by atoms with Gasteiger partial charge in [-0.1, -0.05) is 23.1 Å². The molecule has 4 rings (SSSR count). The second-order valence-electron chi connectivity index (χ2n) is 7.27. The minimum atomic E-state index is -1.56. The molecule has 0 spiro atoms. The van der Waals surface area contributed by atoms with Crippen LogP contribution in [0.5, 0.6) is 5.75 Å². The Labute approximate surface area is 188 Å². The van der Waals surface area contributed by atoms with Gasteiger partial charge in [-0.25, -0.2) is 4.79 Å². The van der Waals surface area contributed by atoms with Crippen molar-refractivity contribution in [3.05, 3.63) is 51.2 Å². The Morgan fingerprint density at radius 3 is 2.75 bits per heavy atom. The van der Waals surface area contributed by atoms with E-state index in [9.17, 15) is 14.4 Å². The summed E-state index contributed by atoms with van der Waals surface area (Å²) in [6.07, 6.45) is 0. The number of methoxy groups -OCH3 is 1. The van der Waals surface area contributed by atoms with Crippen molar-refractivity contribution in [3.63, 3.8) is 0 Å². The number of rotatable bonds is 5. The van der Waals surface area contributed by atoms with Crippen molar-refractivity contribution in [1.82, 2.24) is 15.5 Å². The zero-order valence-electron chi connectivity index (χ0n) is 17.6. The Bertz CT molecular complexity index is 1210. The van der Waals surface area contributed by atoms with Crippen LogP contribution in [0.4, 0.5) is 4.79 Å². The van der Waals surface area contributed by atoms with E-state index in [1.807, 2.05) is 19.1 Å². The van der Waals surface area contributed by atoms with E-state index >= 15 is 0 Å². The van der Waals surface area contributed by atoms with Crippen molar-refractivity contribution < 1.29 is 24.0 Å². The first-order chi connectivity index (χ1) is 15.3. The lowest BCUT2D eigenvalue weighted by Gasteiger charge is -2.26. The topological polar surface area (TPSA) is 109 Å². The summed E-state index contributed by atoms with van der Waals surface area (Å²) in [7, 11) is 3.00. The van der Waals surface area contributed by atoms with Crippen molar-refractivity contribution in [1.29, 1.82) is 0 Å². The van der Waals surface area contributed by atoms with Crippen LogP contribution in [0, 0.1) is 11.8 Å². The number of nitrogens with one attached hydrogen (secondary N) is 2. The lowest BCUT2D eigenvalue weighted by atomic mass is 9.99. The number of hydrogen-bond acceptors (Lipinski definition) is 7. The largest absolute Gasteiger partial charge is 0.497 e. The van der Waals surface area contributed by atoms with Crippen molar-refractivity contribution in [2.75, 3.05) is 20.8 Å². The molecule has 2 aliphatic rings. The molecule has 0 aliphatic carbocycles. The molecule has 10 heteroatoms. The summed E-state index contributed by atoms with van der Waals surface area (Å²) in [5, 5.41) is 8.73. The van der Waals surface area contributed by atoms with E-state index in [1.165, 1.54) is 30.5 Å². The highest BCUT2D eigenvalue weighted by Crippen LogP contribution is 2.28. The molecule has 0 radical (unpaired) electrons. The summed E-state index contributed by atoms with van der Waals surface area (Å²) in [5.74, 6) is 5.59. The van der Waals surface area contributed by atoms with Gasteiger partial charge in [-0.15, -0.1) is 11.3 Å². The quantitative estimate of drug-likeness (QED) is 0.311. The smallest absolute Gasteiger partial charge is 0.323 e. The predicted octanol–water partition coefficient (Wildman–Crippen LogP) is 1.71. The van der Waals surface area contributed by atoms with E-state index in [1.54, 1.807) is 18.2 Å². The van der Waals surface area contributed by atoms with Crippen molar-refractivity contribution in [2.45, 2.75) is 19.0 Å². The molecule has 4 amide bonds. The molecule has 1 aromatic heterocycles. The number of benzene rings is 1. The van der Waals surface area contributed by atoms with Gasteiger partial charge in [0, 0.05) is 12.1 Å². The first kappa shape index (κ1) is 21.4. The molecule has 2 aliphatic heterocycles. The maximum atomic E-state index is 13.0. The molecular formula is C22H20N4O5S. The Morgan fingerprint density at radius 1 is 1.25 bits per heavy atom. The summed E-state index contributed by atoms with van der Waals surface area (Å²) >= 11 is 1.38. The van der Waals surface area contributed by atoms with Crippen LogP contribution in [0.15, 0.2) is 35.5 Å². The molecule has 0 unspecified atom stereocenters. The predicted molar refractivity (Wildman–Crippen MR) is 118 cm³/mol. The molecule has 2 N–H and O–H groups in total. The number of thiophene rings is 1. The minimum absolute atomic E-state index is 0.0875. The number of amides is 4. The third kappa shape index (κ3) is 3.90. The second kappa shape index (κ2) is 8.36. The van der Waals surface area contributed by atoms with Crippen LogP contribution in [0.25, 0.3) is 0 Å². The summed E-state index contributed by atoms with van der Waals surface area (Å²) in [5.41, 5.74) is 0.467. The van der Waals surface area contributed by atoms with Gasteiger partial charge < -0.3 is 19.8 Å². The third-order valence-electron chi connectivity index (χ3n) is 5.16. The van der Waals surface area contributed by atoms with Gasteiger partial charge in [-0.05, 0) is 36.8 Å². The summed E-state index contributed by atoms with van der Waals surface area (Å²) < 4.78 is 5.20. The van der Waals surface area contributed by atoms with Crippen molar-refractivity contribution in [2.24, 2.45) is 5.16 Å². The minimum Gasteiger partial charge on any atom is -0.497 e. The van der Waals surface area contributed by atoms with Gasteiger partial charge in [0.2, 0.25) is 5.54 Å². The SMILES string of the molecule is CO/N=C(\C)c1ccc(C#C[C@]2(CN3Cc4ccc(OC)cc4C3=O)NC(=O)NC2=O)s1. The molecule has 3 heterocycles. The number of fused-ring (bicyclic) bond motifs is 1. The van der Waals surface area contributed by atoms with Crippen molar-refractivity contribution >= 4 is 34.9 Å². The number of carbonyl (C=O) groups is 3. The summed E-state index contributed by atoms with van der Waals surface area (Å²) in [6, 6.07) is 8.26. The highest BCUT2D eigenvalue weighted by molar-refractivity contribution is 7.14. The normalized spacial score (nSPS) is 19.8. The molecule has 1 aromatic carbocycles. The van der Waals surface area contributed by atoms with Crippen LogP contribution < -0.4 is 15.4 Å². The van der Waals surface area contributed by atoms with Gasteiger partial charge in [-0.3, -0.25) is 14.9 Å². The number of oxime groups is 1. The molecule has 164 valence electrons. The van der Waals surface area contributed by atoms with Crippen LogP contribution in [0.3, 0.4) is 0 Å². The molecule has 1 fully saturated rings. The first-order valence-corrected chi connectivity index (χ1v) is 10.5. The summed E-state index contributed by atoms with van der Waals surface area (Å²) in [4.78, 5) is 45.4. The van der Waals surface area contributed by atoms with Gasteiger partial charge in [0.15, 0.2) is 0 Å². The molecule has 2 aromatic rings. The number of carbonyl (C=O) groups excluding carboxylic acids is 3. The van der Waals surface area contributed by atoms with Crippen LogP contribution in [-0.2, 0) is 16.2 Å². The fraction of sp³-hybridized carbons (Fsp3) is 0.273. The summed E-state index contributed by atoms with van der Waals surface area (Å²) in [6.45, 7) is 2.03. The number of ether oxygens (including phenoxy) is 1. The highest BCUT2D eigenvalue weighted by atomic mass is 32.1. The van der Waals surface area contributed by atoms with E-state index < -0.39 is 17.5 Å². The maximum Gasteiger partial charge on any atom is 0.323 e. The molecule has 1 saturated heterocycles. The van der Waals surface area contributed by atoms with E-state index in [4.69, 9.17) is 9.57 Å². The monoisotopic (exact) mass is 452 g/mol. The Hall–Kier alpha value is -3.84. The van der Waals surface area contributed by atoms with Crippen LogP contribution in [0.2, 0.25) is 0 Å². The highest BCUT2D eigenvalue weighted by Gasteiger charge is 2.48. The lowest BCUT2D eigenvalue weighted by Crippen LogP contribution is -2.54. The van der Waals surface area contributed by atoms with E-state index in [2.05, 4.69) is 27.6 Å². The van der Waals surface area contributed by atoms with E-state index in [0.717, 1.165) is 10.4 Å². The molecule has 1 atom stereocenters. The van der Waals surface area contributed by atoms with Gasteiger partial charge in [-0.2, -0.15) is 0 Å². The Balaban J connectivity index is 1.62. The van der Waals surface area contributed by atoms with Crippen LogP contribution in [-0.4, -0.2) is 54.8 Å². The molecule has 32 heavy (non-hydrogen) atoms. The molecule has 0 bridgehead atoms. The second-order valence-corrected chi connectivity index (χ2v) is 8.35. The number of hydrogen-bond donors (Lipinski definition) is 2. The van der Waals surface area contributed by atoms with E-state index in [-0.39, 0.29) is 12.5 Å². The Kier molecular flexibility index (Phi) is 5.59. The molecular weight excluding hydrogens is 432 g/mol. The van der Waals surface area contributed by atoms with Gasteiger partial charge in [0.05, 0.1) is 29.1 Å². The number of nitrogens with zero attached hydrogens (tertiary/aromatic N) is 2.